The van der Waals surface area contributed by atoms with Crippen LogP contribution in [0.25, 0.3) is 0 Å². The van der Waals surface area contributed by atoms with Crippen molar-refractivity contribution in [2.24, 2.45) is 0 Å². The number of hydrogen-bond acceptors (Lipinski definition) is 7. The van der Waals surface area contributed by atoms with Crippen molar-refractivity contribution in [1.82, 2.24) is 19.9 Å². The van der Waals surface area contributed by atoms with Crippen LogP contribution in [0.3, 0.4) is 0 Å². The Kier molecular flexibility index (Phi) is 6.88. The lowest BCUT2D eigenvalue weighted by molar-refractivity contribution is 0.257. The summed E-state index contributed by atoms with van der Waals surface area (Å²) >= 11 is 0. The Hall–Kier alpha value is -1.63. The van der Waals surface area contributed by atoms with E-state index in [0.717, 1.165) is 25.9 Å². The monoisotopic (exact) mass is 269 g/mol. The zero-order valence-electron chi connectivity index (χ0n) is 12.1. The Morgan fingerprint density at radius 2 is 1.89 bits per heavy atom. The highest BCUT2D eigenvalue weighted by Crippen LogP contribution is 2.12. The molecule has 0 amide bonds. The molecule has 0 bridgehead atoms. The Bertz CT molecular complexity index is 373. The van der Waals surface area contributed by atoms with Crippen LogP contribution < -0.4 is 14.8 Å². The summed E-state index contributed by atoms with van der Waals surface area (Å²) in [6.45, 7) is 4.40. The van der Waals surface area contributed by atoms with Gasteiger partial charge in [-0.25, -0.2) is 0 Å². The lowest BCUT2D eigenvalue weighted by atomic mass is 10.4. The molecule has 0 saturated heterocycles. The highest BCUT2D eigenvalue weighted by atomic mass is 16.5. The van der Waals surface area contributed by atoms with E-state index >= 15 is 0 Å². The molecule has 0 fully saturated rings. The van der Waals surface area contributed by atoms with Gasteiger partial charge in [-0.15, -0.1) is 4.98 Å². The fraction of sp³-hybridized carbons (Fsp3) is 0.750. The third-order valence-electron chi connectivity index (χ3n) is 2.29. The summed E-state index contributed by atoms with van der Waals surface area (Å²) in [5.74, 6) is 0.483. The molecule has 1 rings (SSSR count). The maximum Gasteiger partial charge on any atom is 0.324 e. The molecule has 1 heterocycles. The van der Waals surface area contributed by atoms with Crippen molar-refractivity contribution in [3.05, 3.63) is 0 Å². The highest BCUT2D eigenvalue weighted by Gasteiger charge is 2.07. The number of nitrogens with zero attached hydrogens (tertiary/aromatic N) is 4. The molecule has 1 aromatic heterocycles. The van der Waals surface area contributed by atoms with E-state index in [9.17, 15) is 0 Å². The number of hydrogen-bond donors (Lipinski definition) is 1. The average molecular weight is 269 g/mol. The van der Waals surface area contributed by atoms with Gasteiger partial charge in [-0.2, -0.15) is 9.97 Å². The minimum atomic E-state index is 0.260. The van der Waals surface area contributed by atoms with E-state index < -0.39 is 0 Å². The van der Waals surface area contributed by atoms with Gasteiger partial charge in [-0.05, 0) is 26.9 Å². The summed E-state index contributed by atoms with van der Waals surface area (Å²) in [6.07, 6.45) is 1.91. The summed E-state index contributed by atoms with van der Waals surface area (Å²) in [5.41, 5.74) is 0. The topological polar surface area (TPSA) is 72.4 Å². The summed E-state index contributed by atoms with van der Waals surface area (Å²) in [4.78, 5) is 14.4. The van der Waals surface area contributed by atoms with E-state index in [1.165, 1.54) is 7.11 Å². The number of aromatic nitrogens is 3. The van der Waals surface area contributed by atoms with E-state index in [-0.39, 0.29) is 6.01 Å². The van der Waals surface area contributed by atoms with Crippen LogP contribution in [0.1, 0.15) is 19.8 Å². The van der Waals surface area contributed by atoms with Crippen molar-refractivity contribution in [2.45, 2.75) is 19.8 Å². The van der Waals surface area contributed by atoms with Crippen molar-refractivity contribution in [1.29, 1.82) is 0 Å². The van der Waals surface area contributed by atoms with Crippen molar-refractivity contribution < 1.29 is 9.47 Å². The molecule has 7 nitrogen and oxygen atoms in total. The Morgan fingerprint density at radius 3 is 2.53 bits per heavy atom. The molecular formula is C12H23N5O2. The number of nitrogens with one attached hydrogen (secondary N) is 1. The smallest absolute Gasteiger partial charge is 0.324 e. The third kappa shape index (κ3) is 6.19. The van der Waals surface area contributed by atoms with Crippen LogP contribution in [0.2, 0.25) is 0 Å². The van der Waals surface area contributed by atoms with Crippen LogP contribution in [0.4, 0.5) is 5.95 Å². The van der Waals surface area contributed by atoms with Crippen LogP contribution in [-0.4, -0.2) is 60.8 Å². The number of methoxy groups -OCH3 is 1. The maximum atomic E-state index is 5.51. The maximum absolute atomic E-state index is 5.51. The summed E-state index contributed by atoms with van der Waals surface area (Å²) in [5, 5.41) is 3.09. The van der Waals surface area contributed by atoms with Crippen LogP contribution in [0.5, 0.6) is 12.0 Å². The van der Waals surface area contributed by atoms with Gasteiger partial charge >= 0.3 is 12.0 Å². The fourth-order valence-electron chi connectivity index (χ4n) is 1.35. The first kappa shape index (κ1) is 15.4. The standard InChI is InChI=1S/C12H23N5O2/c1-5-7-13-10-14-11(18-4)16-12(15-10)19-9-6-8-17(2)3/h5-9H2,1-4H3,(H,13,14,15,16). The quantitative estimate of drug-likeness (QED) is 0.671. The number of rotatable bonds is 9. The molecule has 0 atom stereocenters. The third-order valence-corrected chi connectivity index (χ3v) is 2.29. The highest BCUT2D eigenvalue weighted by molar-refractivity contribution is 5.27. The largest absolute Gasteiger partial charge is 0.467 e. The minimum Gasteiger partial charge on any atom is -0.467 e. The second-order valence-corrected chi connectivity index (χ2v) is 4.36. The van der Waals surface area contributed by atoms with E-state index in [4.69, 9.17) is 9.47 Å². The molecule has 0 aromatic carbocycles. The molecule has 108 valence electrons. The molecule has 1 N–H and O–H groups in total. The Balaban J connectivity index is 2.55. The van der Waals surface area contributed by atoms with E-state index in [1.54, 1.807) is 0 Å². The zero-order valence-corrected chi connectivity index (χ0v) is 12.1. The van der Waals surface area contributed by atoms with Gasteiger partial charge in [-0.1, -0.05) is 6.92 Å². The second kappa shape index (κ2) is 8.47. The van der Waals surface area contributed by atoms with Gasteiger partial charge in [0, 0.05) is 13.1 Å². The predicted octanol–water partition coefficient (Wildman–Crippen LogP) is 1.03. The SMILES string of the molecule is CCCNc1nc(OC)nc(OCCCN(C)C)n1. The molecule has 0 saturated carbocycles. The fourth-order valence-corrected chi connectivity index (χ4v) is 1.35. The Morgan fingerprint density at radius 1 is 1.16 bits per heavy atom. The lowest BCUT2D eigenvalue weighted by Gasteiger charge is -2.10. The van der Waals surface area contributed by atoms with Crippen LogP contribution >= 0.6 is 0 Å². The molecule has 0 aliphatic carbocycles. The second-order valence-electron chi connectivity index (χ2n) is 4.36. The van der Waals surface area contributed by atoms with Gasteiger partial charge in [-0.3, -0.25) is 0 Å². The average Bonchev–Trinajstić information content (AvgIpc) is 2.41. The van der Waals surface area contributed by atoms with Gasteiger partial charge in [0.05, 0.1) is 13.7 Å². The van der Waals surface area contributed by atoms with E-state index in [2.05, 4.69) is 32.1 Å². The van der Waals surface area contributed by atoms with Gasteiger partial charge in [0.2, 0.25) is 5.95 Å². The van der Waals surface area contributed by atoms with E-state index in [1.807, 2.05) is 14.1 Å². The normalized spacial score (nSPS) is 10.6. The van der Waals surface area contributed by atoms with Crippen molar-refractivity contribution >= 4 is 5.95 Å². The van der Waals surface area contributed by atoms with Crippen LogP contribution in [-0.2, 0) is 0 Å². The van der Waals surface area contributed by atoms with Gasteiger partial charge < -0.3 is 19.7 Å². The van der Waals surface area contributed by atoms with Crippen LogP contribution in [0, 0.1) is 0 Å². The van der Waals surface area contributed by atoms with Crippen molar-refractivity contribution in [2.75, 3.05) is 46.2 Å². The minimum absolute atomic E-state index is 0.260. The van der Waals surface area contributed by atoms with Gasteiger partial charge in [0.25, 0.3) is 0 Å². The van der Waals surface area contributed by atoms with Crippen LogP contribution in [0.15, 0.2) is 0 Å². The van der Waals surface area contributed by atoms with Crippen molar-refractivity contribution in [3.63, 3.8) is 0 Å². The lowest BCUT2D eigenvalue weighted by Crippen LogP contribution is -2.16. The first-order valence-corrected chi connectivity index (χ1v) is 6.47. The molecule has 19 heavy (non-hydrogen) atoms. The molecule has 0 aliphatic heterocycles. The number of anilines is 1. The van der Waals surface area contributed by atoms with Gasteiger partial charge in [0.1, 0.15) is 0 Å². The molecular weight excluding hydrogens is 246 g/mol. The molecule has 0 radical (unpaired) electrons. The zero-order chi connectivity index (χ0) is 14.1. The predicted molar refractivity (Wildman–Crippen MR) is 73.8 cm³/mol. The number of ether oxygens (including phenoxy) is 2. The summed E-state index contributed by atoms with van der Waals surface area (Å²) < 4.78 is 10.5. The molecule has 1 aromatic rings. The molecule has 7 heteroatoms. The Labute approximate surface area is 114 Å². The van der Waals surface area contributed by atoms with Crippen molar-refractivity contribution in [3.8, 4) is 12.0 Å². The molecule has 0 spiro atoms. The van der Waals surface area contributed by atoms with Gasteiger partial charge in [0.15, 0.2) is 0 Å². The first-order valence-electron chi connectivity index (χ1n) is 6.47. The first-order chi connectivity index (χ1) is 9.15. The summed E-state index contributed by atoms with van der Waals surface area (Å²) in [7, 11) is 5.58. The molecule has 0 aliphatic rings. The molecule has 0 unspecified atom stereocenters. The summed E-state index contributed by atoms with van der Waals surface area (Å²) in [6, 6.07) is 0.556. The van der Waals surface area contributed by atoms with E-state index in [0.29, 0.717) is 18.6 Å².